The molecule has 2 aromatic carbocycles. The molecule has 2 aromatic rings. The molecule has 0 radical (unpaired) electrons. The van der Waals surface area contributed by atoms with Crippen LogP contribution in [0.3, 0.4) is 0 Å². The Morgan fingerprint density at radius 1 is 0.925 bits per heavy atom. The minimum Gasteiger partial charge on any atom is -0.489 e. The number of fused-ring (bicyclic) bond motifs is 6. The van der Waals surface area contributed by atoms with Crippen LogP contribution >= 0.6 is 0 Å². The summed E-state index contributed by atoms with van der Waals surface area (Å²) < 4.78 is 25.9. The second kappa shape index (κ2) is 12.5. The summed E-state index contributed by atoms with van der Waals surface area (Å²) in [7, 11) is 0. The average Bonchev–Trinajstić information content (AvgIpc) is 3.58. The van der Waals surface area contributed by atoms with Crippen molar-refractivity contribution in [3.8, 4) is 5.75 Å². The molecule has 1 aliphatic heterocycles. The molecule has 0 bridgehead atoms. The Kier molecular flexibility index (Phi) is 8.83. The molecule has 3 aliphatic carbocycles. The standard InChI is InChI=1S/C35H48O5/c1-34-24-32(37-20-10-5-3-2-4-9-19-36)33-29-16-14-28(38-25-26-11-7-6-8-12-26)23-27(29)13-15-30(33)31(34)17-18-35(34)39-21-22-40-35/h6-8,11-12,14,16,23,30-33,36H,2-5,9-10,13,15,17-22,24-25H2,1H3/t30-,31-,32-,33+,34-/m0/s1. The van der Waals surface area contributed by atoms with E-state index < -0.39 is 5.79 Å². The summed E-state index contributed by atoms with van der Waals surface area (Å²) in [6.07, 6.45) is 12.4. The average molecular weight is 549 g/mol. The van der Waals surface area contributed by atoms with E-state index in [4.69, 9.17) is 24.1 Å². The van der Waals surface area contributed by atoms with Crippen LogP contribution in [0.2, 0.25) is 0 Å². The first kappa shape index (κ1) is 28.2. The van der Waals surface area contributed by atoms with Gasteiger partial charge in [0, 0.05) is 31.0 Å². The Morgan fingerprint density at radius 2 is 1.70 bits per heavy atom. The number of hydrogen-bond donors (Lipinski definition) is 1. The molecule has 1 saturated heterocycles. The van der Waals surface area contributed by atoms with E-state index in [1.165, 1.54) is 48.8 Å². The fraction of sp³-hybridized carbons (Fsp3) is 0.657. The lowest BCUT2D eigenvalue weighted by Gasteiger charge is -2.55. The quantitative estimate of drug-likeness (QED) is 0.285. The molecule has 1 spiro atoms. The molecule has 4 aliphatic rings. The van der Waals surface area contributed by atoms with Crippen LogP contribution in [0.15, 0.2) is 48.5 Å². The first-order valence-electron chi connectivity index (χ1n) is 15.9. The van der Waals surface area contributed by atoms with Crippen molar-refractivity contribution in [2.45, 2.75) is 102 Å². The van der Waals surface area contributed by atoms with Crippen molar-refractivity contribution in [1.82, 2.24) is 0 Å². The molecule has 2 saturated carbocycles. The molecule has 0 unspecified atom stereocenters. The molecule has 40 heavy (non-hydrogen) atoms. The van der Waals surface area contributed by atoms with Gasteiger partial charge < -0.3 is 24.1 Å². The van der Waals surface area contributed by atoms with Crippen LogP contribution in [0.4, 0.5) is 0 Å². The highest BCUT2D eigenvalue weighted by Gasteiger charge is 2.67. The van der Waals surface area contributed by atoms with Crippen LogP contribution < -0.4 is 4.74 Å². The van der Waals surface area contributed by atoms with Gasteiger partial charge in [0.15, 0.2) is 5.79 Å². The van der Waals surface area contributed by atoms with E-state index in [-0.39, 0.29) is 11.5 Å². The van der Waals surface area contributed by atoms with E-state index in [0.29, 0.717) is 44.2 Å². The Bertz CT molecular complexity index is 1100. The second-order valence-electron chi connectivity index (χ2n) is 12.8. The van der Waals surface area contributed by atoms with Crippen molar-refractivity contribution >= 4 is 0 Å². The van der Waals surface area contributed by atoms with Crippen LogP contribution in [0.1, 0.15) is 93.7 Å². The molecule has 0 aromatic heterocycles. The number of ether oxygens (including phenoxy) is 4. The first-order valence-corrected chi connectivity index (χ1v) is 15.9. The van der Waals surface area contributed by atoms with E-state index in [9.17, 15) is 0 Å². The number of unbranched alkanes of at least 4 members (excludes halogenated alkanes) is 5. The molecular formula is C35H48O5. The third-order valence-electron chi connectivity index (χ3n) is 10.6. The third-order valence-corrected chi connectivity index (χ3v) is 10.6. The van der Waals surface area contributed by atoms with Crippen molar-refractivity contribution in [3.63, 3.8) is 0 Å². The largest absolute Gasteiger partial charge is 0.489 e. The van der Waals surface area contributed by atoms with Crippen LogP contribution in [0, 0.1) is 17.3 Å². The van der Waals surface area contributed by atoms with Gasteiger partial charge in [0.2, 0.25) is 0 Å². The lowest BCUT2D eigenvalue weighted by atomic mass is 9.53. The normalized spacial score (nSPS) is 30.1. The zero-order valence-electron chi connectivity index (χ0n) is 24.3. The maximum Gasteiger partial charge on any atom is 0.174 e. The highest BCUT2D eigenvalue weighted by molar-refractivity contribution is 5.42. The van der Waals surface area contributed by atoms with Crippen molar-refractivity contribution < 1.29 is 24.1 Å². The number of aliphatic hydroxyl groups is 1. The van der Waals surface area contributed by atoms with Crippen LogP contribution in [-0.4, -0.2) is 43.4 Å². The Labute approximate surface area is 240 Å². The van der Waals surface area contributed by atoms with Crippen molar-refractivity contribution in [2.24, 2.45) is 17.3 Å². The molecule has 5 atom stereocenters. The maximum atomic E-state index is 9.02. The molecular weight excluding hydrogens is 500 g/mol. The van der Waals surface area contributed by atoms with Gasteiger partial charge in [-0.15, -0.1) is 0 Å². The number of hydrogen-bond acceptors (Lipinski definition) is 5. The molecule has 6 rings (SSSR count). The SMILES string of the molecule is C[C@]12C[C@H](OCCCCCCCCO)[C@@H]3c4ccc(OCc5ccccc5)cc4CC[C@H]3[C@@H]1CCC21OCCO1. The predicted molar refractivity (Wildman–Crippen MR) is 156 cm³/mol. The Morgan fingerprint density at radius 3 is 2.50 bits per heavy atom. The summed E-state index contributed by atoms with van der Waals surface area (Å²) in [6.45, 7) is 5.60. The van der Waals surface area contributed by atoms with Gasteiger partial charge in [-0.05, 0) is 79.2 Å². The fourth-order valence-electron chi connectivity index (χ4n) is 8.63. The summed E-state index contributed by atoms with van der Waals surface area (Å²) >= 11 is 0. The predicted octanol–water partition coefficient (Wildman–Crippen LogP) is 7.19. The van der Waals surface area contributed by atoms with Crippen molar-refractivity contribution in [3.05, 3.63) is 65.2 Å². The Hall–Kier alpha value is -1.92. The summed E-state index contributed by atoms with van der Waals surface area (Å²) in [4.78, 5) is 0. The summed E-state index contributed by atoms with van der Waals surface area (Å²) in [5.74, 6) is 2.16. The minimum absolute atomic E-state index is 0.00410. The topological polar surface area (TPSA) is 57.2 Å². The third kappa shape index (κ3) is 5.47. The highest BCUT2D eigenvalue weighted by Crippen LogP contribution is 2.66. The van der Waals surface area contributed by atoms with Gasteiger partial charge in [0.25, 0.3) is 0 Å². The zero-order valence-corrected chi connectivity index (χ0v) is 24.3. The monoisotopic (exact) mass is 548 g/mol. The summed E-state index contributed by atoms with van der Waals surface area (Å²) in [5, 5.41) is 9.02. The van der Waals surface area contributed by atoms with E-state index in [1.54, 1.807) is 0 Å². The molecule has 5 heteroatoms. The number of aryl methyl sites for hydroxylation is 1. The maximum absolute atomic E-state index is 9.02. The minimum atomic E-state index is -0.424. The molecule has 3 fully saturated rings. The zero-order chi connectivity index (χ0) is 27.4. The van der Waals surface area contributed by atoms with Crippen molar-refractivity contribution in [2.75, 3.05) is 26.4 Å². The fourth-order valence-corrected chi connectivity index (χ4v) is 8.63. The molecule has 1 heterocycles. The van der Waals surface area contributed by atoms with Gasteiger partial charge in [0.05, 0.1) is 19.3 Å². The highest BCUT2D eigenvalue weighted by atomic mass is 16.7. The second-order valence-corrected chi connectivity index (χ2v) is 12.8. The van der Waals surface area contributed by atoms with Gasteiger partial charge in [-0.1, -0.05) is 69.0 Å². The van der Waals surface area contributed by atoms with E-state index in [2.05, 4.69) is 49.4 Å². The molecule has 1 N–H and O–H groups in total. The Balaban J connectivity index is 1.18. The number of aliphatic hydroxyl groups excluding tert-OH is 1. The number of benzene rings is 2. The van der Waals surface area contributed by atoms with Crippen LogP contribution in [-0.2, 0) is 27.2 Å². The van der Waals surface area contributed by atoms with E-state index >= 15 is 0 Å². The number of rotatable bonds is 12. The van der Waals surface area contributed by atoms with E-state index in [1.807, 2.05) is 6.07 Å². The van der Waals surface area contributed by atoms with Gasteiger partial charge in [-0.2, -0.15) is 0 Å². The van der Waals surface area contributed by atoms with Gasteiger partial charge >= 0.3 is 0 Å². The summed E-state index contributed by atoms with van der Waals surface area (Å²) in [5.41, 5.74) is 4.11. The lowest BCUT2D eigenvalue weighted by molar-refractivity contribution is -0.249. The molecule has 0 amide bonds. The van der Waals surface area contributed by atoms with Gasteiger partial charge in [-0.3, -0.25) is 0 Å². The van der Waals surface area contributed by atoms with Gasteiger partial charge in [-0.25, -0.2) is 0 Å². The molecule has 5 nitrogen and oxygen atoms in total. The van der Waals surface area contributed by atoms with Gasteiger partial charge in [0.1, 0.15) is 12.4 Å². The lowest BCUT2D eigenvalue weighted by Crippen LogP contribution is -2.56. The first-order chi connectivity index (χ1) is 19.6. The van der Waals surface area contributed by atoms with E-state index in [0.717, 1.165) is 50.9 Å². The molecule has 218 valence electrons. The van der Waals surface area contributed by atoms with Crippen LogP contribution in [0.25, 0.3) is 0 Å². The van der Waals surface area contributed by atoms with Crippen LogP contribution in [0.5, 0.6) is 5.75 Å². The smallest absolute Gasteiger partial charge is 0.174 e. The summed E-state index contributed by atoms with van der Waals surface area (Å²) in [6, 6.07) is 17.2. The van der Waals surface area contributed by atoms with Crippen molar-refractivity contribution in [1.29, 1.82) is 0 Å².